The first-order valence-electron chi connectivity index (χ1n) is 12.4. The lowest BCUT2D eigenvalue weighted by Gasteiger charge is -2.26. The molecule has 0 atom stereocenters. The highest BCUT2D eigenvalue weighted by Gasteiger charge is 2.25. The van der Waals surface area contributed by atoms with Crippen molar-refractivity contribution in [3.63, 3.8) is 0 Å². The van der Waals surface area contributed by atoms with E-state index in [1.165, 1.54) is 22.6 Å². The maximum Gasteiger partial charge on any atom is 0.278 e. The summed E-state index contributed by atoms with van der Waals surface area (Å²) >= 11 is 0. The maximum atomic E-state index is 13.5. The predicted octanol–water partition coefficient (Wildman–Crippen LogP) is 1.82. The molecule has 10 heteroatoms. The molecule has 0 saturated carbocycles. The Morgan fingerprint density at radius 1 is 1.22 bits per heavy atom. The highest BCUT2D eigenvalue weighted by molar-refractivity contribution is 6.00. The summed E-state index contributed by atoms with van der Waals surface area (Å²) in [5.41, 5.74) is 9.11. The standard InChI is InChI=1S/C27H29FN6O3/c1-18-4-2-10-34-24(18)31-25-22(27(34)36)16-21(26(35)30-17-19-5-7-20(28)8-6-19)23(29)33(25)11-3-9-32-12-14-37-15-13-32/h2,4-8,10,16,29H,3,9,11-15,17H2,1H3,(H,30,35)/p+1. The van der Waals surface area contributed by atoms with Gasteiger partial charge in [-0.25, -0.2) is 8.96 Å². The van der Waals surface area contributed by atoms with E-state index in [9.17, 15) is 14.0 Å². The summed E-state index contributed by atoms with van der Waals surface area (Å²) in [7, 11) is 0. The highest BCUT2D eigenvalue weighted by atomic mass is 19.1. The molecular formula is C27H30FN6O3+. The fourth-order valence-electron chi connectivity index (χ4n) is 4.68. The van der Waals surface area contributed by atoms with E-state index in [-0.39, 0.29) is 29.3 Å². The number of hydrogen-bond donors (Lipinski definition) is 2. The molecule has 192 valence electrons. The number of carbonyl (C=O) groups is 1. The van der Waals surface area contributed by atoms with E-state index in [0.29, 0.717) is 36.4 Å². The van der Waals surface area contributed by atoms with Crippen molar-refractivity contribution in [3.8, 4) is 0 Å². The van der Waals surface area contributed by atoms with Gasteiger partial charge in [-0.15, -0.1) is 0 Å². The van der Waals surface area contributed by atoms with Crippen molar-refractivity contribution in [1.82, 2.24) is 19.6 Å². The van der Waals surface area contributed by atoms with Crippen LogP contribution < -0.4 is 21.2 Å². The van der Waals surface area contributed by atoms with Gasteiger partial charge in [0.05, 0.1) is 19.8 Å². The molecule has 1 amide bonds. The average molecular weight is 506 g/mol. The number of amides is 1. The number of nitrogen functional groups attached to an aromatic ring is 1. The molecule has 4 aromatic rings. The molecular weight excluding hydrogens is 475 g/mol. The lowest BCUT2D eigenvalue weighted by Crippen LogP contribution is -2.44. The normalized spacial score (nSPS) is 14.3. The van der Waals surface area contributed by atoms with E-state index in [4.69, 9.17) is 15.5 Å². The second-order valence-electron chi connectivity index (χ2n) is 9.25. The molecule has 0 bridgehead atoms. The second kappa shape index (κ2) is 10.6. The zero-order chi connectivity index (χ0) is 25.9. The van der Waals surface area contributed by atoms with Crippen molar-refractivity contribution < 1.29 is 18.5 Å². The number of benzene rings is 1. The van der Waals surface area contributed by atoms with Crippen LogP contribution in [0.1, 0.15) is 27.9 Å². The molecule has 3 N–H and O–H groups in total. The summed E-state index contributed by atoms with van der Waals surface area (Å²) < 4.78 is 21.9. The Morgan fingerprint density at radius 2 is 1.97 bits per heavy atom. The summed E-state index contributed by atoms with van der Waals surface area (Å²) in [4.78, 5) is 33.8. The van der Waals surface area contributed by atoms with Crippen LogP contribution in [-0.4, -0.2) is 53.0 Å². The topological polar surface area (TPSA) is 106 Å². The van der Waals surface area contributed by atoms with E-state index in [2.05, 4.69) is 10.2 Å². The number of carbonyl (C=O) groups excluding carboxylic acids is 1. The van der Waals surface area contributed by atoms with Crippen LogP contribution in [0, 0.1) is 12.7 Å². The number of pyridine rings is 2. The molecule has 0 radical (unpaired) electrons. The Hall–Kier alpha value is -3.89. The maximum absolute atomic E-state index is 13.5. The number of halogens is 1. The molecule has 1 fully saturated rings. The second-order valence-corrected chi connectivity index (χ2v) is 9.25. The predicted molar refractivity (Wildman–Crippen MR) is 138 cm³/mol. The van der Waals surface area contributed by atoms with Crippen LogP contribution >= 0.6 is 0 Å². The van der Waals surface area contributed by atoms with Crippen LogP contribution in [0.15, 0.2) is 53.5 Å². The first-order chi connectivity index (χ1) is 17.9. The number of rotatable bonds is 7. The number of ether oxygens (including phenoxy) is 1. The molecule has 37 heavy (non-hydrogen) atoms. The minimum absolute atomic E-state index is 0.196. The third-order valence-corrected chi connectivity index (χ3v) is 6.75. The van der Waals surface area contributed by atoms with Crippen LogP contribution in [0.2, 0.25) is 0 Å². The van der Waals surface area contributed by atoms with Crippen molar-refractivity contribution in [3.05, 3.63) is 81.5 Å². The number of hydrogen-bond acceptors (Lipinski definition) is 6. The lowest BCUT2D eigenvalue weighted by molar-refractivity contribution is -0.659. The van der Waals surface area contributed by atoms with Gasteiger partial charge in [0.2, 0.25) is 11.5 Å². The zero-order valence-corrected chi connectivity index (χ0v) is 20.7. The molecule has 5 rings (SSSR count). The van der Waals surface area contributed by atoms with Crippen LogP contribution in [0.5, 0.6) is 0 Å². The minimum atomic E-state index is -0.417. The van der Waals surface area contributed by atoms with Crippen molar-refractivity contribution in [1.29, 1.82) is 0 Å². The smallest absolute Gasteiger partial charge is 0.278 e. The van der Waals surface area contributed by atoms with Gasteiger partial charge in [-0.05, 0) is 43.2 Å². The molecule has 0 unspecified atom stereocenters. The van der Waals surface area contributed by atoms with Crippen LogP contribution in [0.3, 0.4) is 0 Å². The SMILES string of the molecule is Cc1cccn2c(=O)c3cc(C(=O)NCc4ccc(F)cc4)c(N)[n+](CCCN4CCOCC4)c3nc12. The lowest BCUT2D eigenvalue weighted by atomic mass is 10.1. The first-order valence-corrected chi connectivity index (χ1v) is 12.4. The monoisotopic (exact) mass is 505 g/mol. The number of morpholine rings is 1. The van der Waals surface area contributed by atoms with Gasteiger partial charge in [-0.2, -0.15) is 0 Å². The number of aryl methyl sites for hydroxylation is 2. The van der Waals surface area contributed by atoms with Crippen LogP contribution in [0.4, 0.5) is 10.2 Å². The number of nitrogens with two attached hydrogens (primary N) is 1. The summed E-state index contributed by atoms with van der Waals surface area (Å²) in [5, 5.41) is 3.15. The summed E-state index contributed by atoms with van der Waals surface area (Å²) in [6.07, 6.45) is 2.43. The molecule has 1 saturated heterocycles. The van der Waals surface area contributed by atoms with Gasteiger partial charge in [-0.3, -0.25) is 18.9 Å². The van der Waals surface area contributed by atoms with Gasteiger partial charge in [-0.1, -0.05) is 23.2 Å². The zero-order valence-electron chi connectivity index (χ0n) is 20.7. The van der Waals surface area contributed by atoms with Gasteiger partial charge in [0.15, 0.2) is 0 Å². The molecule has 1 aromatic carbocycles. The third kappa shape index (κ3) is 5.16. The van der Waals surface area contributed by atoms with E-state index < -0.39 is 5.91 Å². The largest absolute Gasteiger partial charge is 0.379 e. The third-order valence-electron chi connectivity index (χ3n) is 6.75. The number of nitrogens with one attached hydrogen (secondary N) is 1. The molecule has 0 spiro atoms. The van der Waals surface area contributed by atoms with E-state index in [1.54, 1.807) is 29.0 Å². The first kappa shape index (κ1) is 24.8. The Morgan fingerprint density at radius 3 is 2.73 bits per heavy atom. The number of anilines is 1. The summed E-state index contributed by atoms with van der Waals surface area (Å²) in [5.74, 6) is -0.516. The van der Waals surface area contributed by atoms with Crippen molar-refractivity contribution in [2.24, 2.45) is 0 Å². The van der Waals surface area contributed by atoms with Gasteiger partial charge < -0.3 is 15.8 Å². The van der Waals surface area contributed by atoms with Crippen molar-refractivity contribution in [2.45, 2.75) is 26.4 Å². The fourth-order valence-corrected chi connectivity index (χ4v) is 4.68. The fraction of sp³-hybridized carbons (Fsp3) is 0.333. The quantitative estimate of drug-likeness (QED) is 0.293. The van der Waals surface area contributed by atoms with E-state index in [1.807, 2.05) is 13.0 Å². The molecule has 0 aliphatic carbocycles. The Balaban J connectivity index is 1.52. The average Bonchev–Trinajstić information content (AvgIpc) is 2.91. The molecule has 1 aliphatic heterocycles. The molecule has 9 nitrogen and oxygen atoms in total. The number of aromatic nitrogens is 3. The Labute approximate surface area is 213 Å². The van der Waals surface area contributed by atoms with Gasteiger partial charge in [0.1, 0.15) is 16.8 Å². The summed E-state index contributed by atoms with van der Waals surface area (Å²) in [6.45, 7) is 6.60. The van der Waals surface area contributed by atoms with Crippen molar-refractivity contribution in [2.75, 3.05) is 38.6 Å². The Kier molecular flexibility index (Phi) is 7.11. The summed E-state index contributed by atoms with van der Waals surface area (Å²) in [6, 6.07) is 11.1. The highest BCUT2D eigenvalue weighted by Crippen LogP contribution is 2.16. The van der Waals surface area contributed by atoms with Gasteiger partial charge in [0.25, 0.3) is 17.1 Å². The van der Waals surface area contributed by atoms with Crippen molar-refractivity contribution >= 4 is 28.4 Å². The number of nitrogens with zero attached hydrogens (tertiary/aromatic N) is 4. The van der Waals surface area contributed by atoms with E-state index in [0.717, 1.165) is 37.2 Å². The Bertz CT molecular complexity index is 1510. The van der Waals surface area contributed by atoms with Crippen LogP contribution in [0.25, 0.3) is 16.7 Å². The van der Waals surface area contributed by atoms with Crippen LogP contribution in [-0.2, 0) is 17.8 Å². The molecule has 4 heterocycles. The molecule has 1 aliphatic rings. The van der Waals surface area contributed by atoms with E-state index >= 15 is 0 Å². The minimum Gasteiger partial charge on any atom is -0.379 e. The number of fused-ring (bicyclic) bond motifs is 2. The van der Waals surface area contributed by atoms with Gasteiger partial charge in [0, 0.05) is 37.9 Å². The van der Waals surface area contributed by atoms with Gasteiger partial charge >= 0.3 is 0 Å². The molecule has 3 aromatic heterocycles.